The van der Waals surface area contributed by atoms with Gasteiger partial charge in [-0.3, -0.25) is 43.2 Å². The van der Waals surface area contributed by atoms with Crippen LogP contribution in [-0.4, -0.2) is 242 Å². The number of aliphatic hydroxyl groups is 7. The lowest BCUT2D eigenvalue weighted by molar-refractivity contribution is -0.347. The van der Waals surface area contributed by atoms with Gasteiger partial charge in [0.25, 0.3) is 0 Å². The Bertz CT molecular complexity index is 1900. The van der Waals surface area contributed by atoms with Gasteiger partial charge in [-0.15, -0.1) is 0 Å². The van der Waals surface area contributed by atoms with E-state index in [1.54, 1.807) is 0 Å². The summed E-state index contributed by atoms with van der Waals surface area (Å²) in [5.74, 6) is -7.30. The molecule has 4 heterocycles. The van der Waals surface area contributed by atoms with Crippen LogP contribution in [0.1, 0.15) is 60.3 Å². The number of hydrogen-bond donors (Lipinski definition) is 14. The molecule has 11 unspecified atom stereocenters. The Morgan fingerprint density at radius 3 is 1.89 bits per heavy atom. The zero-order chi connectivity index (χ0) is 52.3. The van der Waals surface area contributed by atoms with E-state index < -0.39 is 183 Å². The highest BCUT2D eigenvalue weighted by Gasteiger charge is 2.53. The first-order valence-corrected chi connectivity index (χ1v) is 22.7. The average molecular weight is 1010 g/mol. The van der Waals surface area contributed by atoms with E-state index in [-0.39, 0.29) is 25.9 Å². The standard InChI is InChI=1S/C41H67N9O20/c1-16(34(42)61)44-36(63)22-8-6-10-49(22)39(66)23-9-7-11-50(23)38(65)17(2)45-37(64)27(48-35(62)21(13-51)47-26(56)12-43-19(4)54)18(3)67-40-28(46-20(5)55)33(30(58)25(15-53)68-40)70-41-32(60)31(59)29(57)24(14-52)69-41/h16-18,21-25,27-33,40-41,51-53,57-60H,6-15H2,1-5H3,(H2,42,61)(H,43,54)(H,44,63)(H,45,64)(H,46,55)(H,47,56)(H,48,62)/t16?,17?,18?,21?,22?,23?,24?,25?,27?,28?,29-,30-,31-,32?,33+,40+,41-/m0/s1. The van der Waals surface area contributed by atoms with Crippen LogP contribution in [0, 0.1) is 0 Å². The van der Waals surface area contributed by atoms with Gasteiger partial charge in [-0.2, -0.15) is 0 Å². The predicted octanol–water partition coefficient (Wildman–Crippen LogP) is -9.27. The summed E-state index contributed by atoms with van der Waals surface area (Å²) in [5.41, 5.74) is 5.29. The number of nitrogens with zero attached hydrogens (tertiary/aromatic N) is 2. The molecule has 4 rings (SSSR count). The second kappa shape index (κ2) is 25.8. The molecule has 70 heavy (non-hydrogen) atoms. The van der Waals surface area contributed by atoms with E-state index in [4.69, 9.17) is 24.7 Å². The number of likely N-dealkylation sites (tertiary alicyclic amines) is 2. The van der Waals surface area contributed by atoms with Crippen LogP contribution in [0.15, 0.2) is 0 Å². The Hall–Kier alpha value is -5.21. The van der Waals surface area contributed by atoms with Crippen molar-refractivity contribution >= 4 is 53.2 Å². The largest absolute Gasteiger partial charge is 0.394 e. The SMILES string of the molecule is CC(=O)NCC(=O)NC(CO)C(=O)NC(C(=O)NC(C)C(=O)N1CCCC1C(=O)N1CCCC1C(=O)NC(C)C(N)=O)C(C)O[C@@H]1OC(CO)[C@H](O)[C@H](O[C@@H]2OC(CO)[C@H](O)[C@H](O)C2O)C1NC(C)=O. The van der Waals surface area contributed by atoms with E-state index in [0.717, 1.165) is 13.8 Å². The number of hydrogen-bond acceptors (Lipinski definition) is 20. The van der Waals surface area contributed by atoms with Crippen LogP contribution in [0.3, 0.4) is 0 Å². The van der Waals surface area contributed by atoms with Gasteiger partial charge in [0.05, 0.1) is 32.5 Å². The number of carbonyl (C=O) groups is 9. The lowest BCUT2D eigenvalue weighted by atomic mass is 9.95. The van der Waals surface area contributed by atoms with E-state index in [0.29, 0.717) is 12.8 Å². The maximum Gasteiger partial charge on any atom is 0.246 e. The summed E-state index contributed by atoms with van der Waals surface area (Å²) in [4.78, 5) is 120. The van der Waals surface area contributed by atoms with Gasteiger partial charge in [-0.05, 0) is 46.5 Å². The van der Waals surface area contributed by atoms with Gasteiger partial charge in [-0.1, -0.05) is 0 Å². The van der Waals surface area contributed by atoms with E-state index in [1.807, 2.05) is 0 Å². The molecule has 0 radical (unpaired) electrons. The van der Waals surface area contributed by atoms with Crippen LogP contribution in [0.25, 0.3) is 0 Å². The molecule has 15 N–H and O–H groups in total. The predicted molar refractivity (Wildman–Crippen MR) is 232 cm³/mol. The fourth-order valence-corrected chi connectivity index (χ4v) is 8.43. The number of rotatable bonds is 21. The van der Waals surface area contributed by atoms with Crippen molar-refractivity contribution in [3.63, 3.8) is 0 Å². The fourth-order valence-electron chi connectivity index (χ4n) is 8.43. The number of amides is 9. The monoisotopic (exact) mass is 1010 g/mol. The first-order valence-electron chi connectivity index (χ1n) is 22.7. The molecular formula is C41H67N9O20. The van der Waals surface area contributed by atoms with E-state index in [1.165, 1.54) is 30.6 Å². The maximum atomic E-state index is 14.3. The Morgan fingerprint density at radius 1 is 0.700 bits per heavy atom. The Morgan fingerprint density at radius 2 is 1.30 bits per heavy atom. The van der Waals surface area contributed by atoms with Crippen LogP contribution in [0.5, 0.6) is 0 Å². The quantitative estimate of drug-likeness (QED) is 0.0508. The van der Waals surface area contributed by atoms with E-state index in [9.17, 15) is 78.9 Å². The molecule has 0 spiro atoms. The van der Waals surface area contributed by atoms with E-state index >= 15 is 0 Å². The number of nitrogens with two attached hydrogens (primary N) is 1. The van der Waals surface area contributed by atoms with Gasteiger partial charge < -0.3 is 102 Å². The van der Waals surface area contributed by atoms with Crippen LogP contribution in [0.2, 0.25) is 0 Å². The van der Waals surface area contributed by atoms with Gasteiger partial charge >= 0.3 is 0 Å². The second-order valence-corrected chi connectivity index (χ2v) is 17.5. The van der Waals surface area contributed by atoms with E-state index in [2.05, 4.69) is 31.9 Å². The Kier molecular flexibility index (Phi) is 21.1. The number of primary amides is 1. The van der Waals surface area contributed by atoms with Crippen molar-refractivity contribution in [3.05, 3.63) is 0 Å². The number of nitrogens with one attached hydrogen (secondary N) is 6. The summed E-state index contributed by atoms with van der Waals surface area (Å²) in [7, 11) is 0. The Labute approximate surface area is 401 Å². The summed E-state index contributed by atoms with van der Waals surface area (Å²) < 4.78 is 23.2. The molecule has 0 aromatic heterocycles. The molecule has 0 aromatic rings. The molecule has 4 saturated heterocycles. The highest BCUT2D eigenvalue weighted by Crippen LogP contribution is 2.31. The summed E-state index contributed by atoms with van der Waals surface area (Å²) >= 11 is 0. The van der Waals surface area contributed by atoms with Crippen LogP contribution >= 0.6 is 0 Å². The highest BCUT2D eigenvalue weighted by molar-refractivity contribution is 5.97. The number of carbonyl (C=O) groups excluding carboxylic acids is 9. The second-order valence-electron chi connectivity index (χ2n) is 17.5. The summed E-state index contributed by atoms with van der Waals surface area (Å²) in [6.07, 6.45) is -16.5. The molecule has 0 aliphatic carbocycles. The Balaban J connectivity index is 1.61. The third-order valence-corrected chi connectivity index (χ3v) is 12.3. The maximum absolute atomic E-state index is 14.3. The molecule has 4 fully saturated rings. The van der Waals surface area contributed by atoms with Gasteiger partial charge in [0.2, 0.25) is 53.2 Å². The van der Waals surface area contributed by atoms with Crippen molar-refractivity contribution < 1.29 is 97.8 Å². The minimum absolute atomic E-state index is 0.0721. The minimum Gasteiger partial charge on any atom is -0.394 e. The summed E-state index contributed by atoms with van der Waals surface area (Å²) in [6, 6.07) is -9.75. The molecule has 29 heteroatoms. The molecule has 396 valence electrons. The van der Waals surface area contributed by atoms with Gasteiger partial charge in [0.15, 0.2) is 12.6 Å². The highest BCUT2D eigenvalue weighted by atomic mass is 16.7. The first kappa shape index (κ1) is 57.4. The lowest BCUT2D eigenvalue weighted by Gasteiger charge is -2.48. The van der Waals surface area contributed by atoms with Crippen molar-refractivity contribution in [2.75, 3.05) is 39.5 Å². The molecule has 4 aliphatic heterocycles. The third kappa shape index (κ3) is 14.2. The van der Waals surface area contributed by atoms with Crippen molar-refractivity contribution in [3.8, 4) is 0 Å². The minimum atomic E-state index is -2.00. The first-order chi connectivity index (χ1) is 32.9. The zero-order valence-corrected chi connectivity index (χ0v) is 39.3. The average Bonchev–Trinajstić information content (AvgIpc) is 4.02. The zero-order valence-electron chi connectivity index (χ0n) is 39.3. The normalized spacial score (nSPS) is 31.0. The van der Waals surface area contributed by atoms with Gasteiger partial charge in [-0.25, -0.2) is 0 Å². The molecular weight excluding hydrogens is 938 g/mol. The van der Waals surface area contributed by atoms with Crippen molar-refractivity contribution in [2.45, 2.75) is 164 Å². The smallest absolute Gasteiger partial charge is 0.246 e. The molecule has 17 atom stereocenters. The molecule has 0 bridgehead atoms. The van der Waals surface area contributed by atoms with Crippen molar-refractivity contribution in [1.29, 1.82) is 0 Å². The number of ether oxygens (including phenoxy) is 4. The molecule has 0 saturated carbocycles. The topological polar surface area (TPSA) is 437 Å². The lowest BCUT2D eigenvalue weighted by Crippen LogP contribution is -2.69. The molecule has 4 aliphatic rings. The fraction of sp³-hybridized carbons (Fsp3) is 0.780. The van der Waals surface area contributed by atoms with Crippen LogP contribution in [-0.2, 0) is 62.1 Å². The van der Waals surface area contributed by atoms with Crippen molar-refractivity contribution in [2.24, 2.45) is 5.73 Å². The van der Waals surface area contributed by atoms with Gasteiger partial charge in [0.1, 0.15) is 85.0 Å². The van der Waals surface area contributed by atoms with Crippen LogP contribution < -0.4 is 37.6 Å². The van der Waals surface area contributed by atoms with Crippen molar-refractivity contribution in [1.82, 2.24) is 41.7 Å². The summed E-state index contributed by atoms with van der Waals surface area (Å²) in [6.45, 7) is 2.88. The third-order valence-electron chi connectivity index (χ3n) is 12.3. The molecule has 9 amide bonds. The number of aliphatic hydroxyl groups excluding tert-OH is 7. The summed E-state index contributed by atoms with van der Waals surface area (Å²) in [5, 5.41) is 87.0. The molecule has 0 aromatic carbocycles. The van der Waals surface area contributed by atoms with Crippen LogP contribution in [0.4, 0.5) is 0 Å². The molecule has 29 nitrogen and oxygen atoms in total. The van der Waals surface area contributed by atoms with Gasteiger partial charge in [0, 0.05) is 26.9 Å².